The van der Waals surface area contributed by atoms with Crippen LogP contribution in [0, 0.1) is 12.8 Å². The van der Waals surface area contributed by atoms with E-state index in [2.05, 4.69) is 53.7 Å². The van der Waals surface area contributed by atoms with Gasteiger partial charge in [0.05, 0.1) is 12.6 Å². The van der Waals surface area contributed by atoms with E-state index in [1.807, 2.05) is 36.7 Å². The molecule has 0 aliphatic heterocycles. The topological polar surface area (TPSA) is 76.4 Å². The number of hydrogen-bond acceptors (Lipinski definition) is 4. The summed E-state index contributed by atoms with van der Waals surface area (Å²) in [4.78, 5) is 4.70. The van der Waals surface area contributed by atoms with Crippen LogP contribution in [0.2, 0.25) is 0 Å². The van der Waals surface area contributed by atoms with Crippen molar-refractivity contribution in [3.8, 4) is 0 Å². The third-order valence-corrected chi connectivity index (χ3v) is 4.59. The quantitative estimate of drug-likeness (QED) is 0.373. The fourth-order valence-electron chi connectivity index (χ4n) is 2.58. The Morgan fingerprint density at radius 3 is 2.54 bits per heavy atom. The number of rotatable bonds is 10. The van der Waals surface area contributed by atoms with Crippen molar-refractivity contribution in [2.75, 3.05) is 19.8 Å². The van der Waals surface area contributed by atoms with Gasteiger partial charge in [0, 0.05) is 20.2 Å². The van der Waals surface area contributed by atoms with E-state index in [4.69, 9.17) is 9.73 Å². The number of aromatic nitrogens is 3. The fraction of sp³-hybridized carbons (Fsp3) is 0.571. The molecule has 1 aromatic carbocycles. The van der Waals surface area contributed by atoms with Gasteiger partial charge in [0.1, 0.15) is 12.4 Å². The second-order valence-corrected chi connectivity index (χ2v) is 7.39. The molecule has 1 atom stereocenters. The molecule has 0 amide bonds. The van der Waals surface area contributed by atoms with Gasteiger partial charge in [-0.25, -0.2) is 4.99 Å². The van der Waals surface area contributed by atoms with Gasteiger partial charge in [-0.2, -0.15) is 0 Å². The summed E-state index contributed by atoms with van der Waals surface area (Å²) in [5.41, 5.74) is 1.21. The van der Waals surface area contributed by atoms with Crippen LogP contribution in [0.3, 0.4) is 0 Å². The maximum atomic E-state index is 5.70. The summed E-state index contributed by atoms with van der Waals surface area (Å²) in [5.74, 6) is 3.11. The van der Waals surface area contributed by atoms with Gasteiger partial charge < -0.3 is 19.9 Å². The van der Waals surface area contributed by atoms with Gasteiger partial charge in [0.2, 0.25) is 0 Å². The summed E-state index contributed by atoms with van der Waals surface area (Å²) in [6.07, 6.45) is 1.08. The molecule has 2 aromatic rings. The molecule has 0 radical (unpaired) electrons. The summed E-state index contributed by atoms with van der Waals surface area (Å²) in [6.45, 7) is 11.1. The number of hydrogen-bond donors (Lipinski definition) is 2. The van der Waals surface area contributed by atoms with Crippen LogP contribution < -0.4 is 10.6 Å². The second kappa shape index (κ2) is 11.4. The number of aryl methyl sites for hydroxylation is 1. The molecule has 7 heteroatoms. The average Bonchev–Trinajstić information content (AvgIpc) is 3.01. The van der Waals surface area contributed by atoms with Crippen LogP contribution in [0.5, 0.6) is 0 Å². The molecule has 1 aromatic heterocycles. The van der Waals surface area contributed by atoms with E-state index in [0.717, 1.165) is 30.6 Å². The molecule has 1 heterocycles. The molecule has 154 valence electrons. The maximum absolute atomic E-state index is 5.70. The molecule has 0 saturated carbocycles. The number of aliphatic imine (C=N–C) groups is 1. The third kappa shape index (κ3) is 7.31. The molecular weight excluding hydrogens is 352 g/mol. The summed E-state index contributed by atoms with van der Waals surface area (Å²) < 4.78 is 7.65. The van der Waals surface area contributed by atoms with Crippen molar-refractivity contribution in [1.29, 1.82) is 0 Å². The van der Waals surface area contributed by atoms with Crippen LogP contribution in [0.15, 0.2) is 35.3 Å². The van der Waals surface area contributed by atoms with E-state index >= 15 is 0 Å². The van der Waals surface area contributed by atoms with E-state index in [0.29, 0.717) is 25.6 Å². The zero-order valence-corrected chi connectivity index (χ0v) is 17.8. The first-order valence-electron chi connectivity index (χ1n) is 9.99. The Hall–Kier alpha value is -2.41. The Balaban J connectivity index is 1.94. The lowest BCUT2D eigenvalue weighted by atomic mass is 10.1. The molecule has 1 unspecified atom stereocenters. The van der Waals surface area contributed by atoms with E-state index in [1.165, 1.54) is 5.56 Å². The minimum atomic E-state index is 0.135. The molecule has 0 aliphatic carbocycles. The summed E-state index contributed by atoms with van der Waals surface area (Å²) in [6, 6.07) is 10.5. The number of benzene rings is 1. The van der Waals surface area contributed by atoms with E-state index in [1.54, 1.807) is 0 Å². The highest BCUT2D eigenvalue weighted by atomic mass is 16.5. The fourth-order valence-corrected chi connectivity index (χ4v) is 2.58. The van der Waals surface area contributed by atoms with Crippen molar-refractivity contribution in [1.82, 2.24) is 25.4 Å². The Bertz CT molecular complexity index is 726. The van der Waals surface area contributed by atoms with Gasteiger partial charge in [-0.05, 0) is 31.7 Å². The molecule has 2 rings (SSSR count). The molecule has 0 bridgehead atoms. The molecule has 0 spiro atoms. The Morgan fingerprint density at radius 2 is 1.89 bits per heavy atom. The number of nitrogens with zero attached hydrogens (tertiary/aromatic N) is 4. The van der Waals surface area contributed by atoms with Gasteiger partial charge in [-0.15, -0.1) is 10.2 Å². The van der Waals surface area contributed by atoms with E-state index < -0.39 is 0 Å². The lowest BCUT2D eigenvalue weighted by Gasteiger charge is -2.19. The zero-order chi connectivity index (χ0) is 20.4. The standard InChI is InChI=1S/C21H34N6O/c1-16(2)11-13-28-14-12-22-21(23-15-20-26-25-18(4)27(20)5)24-17(3)19-9-7-6-8-10-19/h6-10,16-17H,11-15H2,1-5H3,(H2,22,23,24). The largest absolute Gasteiger partial charge is 0.380 e. The van der Waals surface area contributed by atoms with Gasteiger partial charge in [-0.3, -0.25) is 0 Å². The normalized spacial score (nSPS) is 13.0. The predicted molar refractivity (Wildman–Crippen MR) is 113 cm³/mol. The van der Waals surface area contributed by atoms with E-state index in [9.17, 15) is 0 Å². The third-order valence-electron chi connectivity index (χ3n) is 4.59. The molecule has 0 saturated heterocycles. The van der Waals surface area contributed by atoms with Crippen molar-refractivity contribution in [2.45, 2.75) is 46.7 Å². The van der Waals surface area contributed by atoms with Crippen molar-refractivity contribution in [3.05, 3.63) is 47.5 Å². The minimum absolute atomic E-state index is 0.135. The summed E-state index contributed by atoms with van der Waals surface area (Å²) >= 11 is 0. The molecular formula is C21H34N6O. The lowest BCUT2D eigenvalue weighted by Crippen LogP contribution is -2.40. The predicted octanol–water partition coefficient (Wildman–Crippen LogP) is 2.98. The molecule has 0 aliphatic rings. The van der Waals surface area contributed by atoms with Crippen LogP contribution in [-0.4, -0.2) is 40.5 Å². The molecule has 28 heavy (non-hydrogen) atoms. The first kappa shape index (κ1) is 21.9. The Morgan fingerprint density at radius 1 is 1.14 bits per heavy atom. The van der Waals surface area contributed by atoms with Gasteiger partial charge in [0.15, 0.2) is 11.8 Å². The average molecular weight is 387 g/mol. The highest BCUT2D eigenvalue weighted by molar-refractivity contribution is 5.80. The van der Waals surface area contributed by atoms with Crippen molar-refractivity contribution >= 4 is 5.96 Å². The van der Waals surface area contributed by atoms with Crippen LogP contribution in [0.1, 0.15) is 50.4 Å². The Kier molecular flexibility index (Phi) is 8.94. The molecule has 7 nitrogen and oxygen atoms in total. The summed E-state index contributed by atoms with van der Waals surface area (Å²) in [7, 11) is 1.95. The monoisotopic (exact) mass is 386 g/mol. The lowest BCUT2D eigenvalue weighted by molar-refractivity contribution is 0.128. The maximum Gasteiger partial charge on any atom is 0.192 e. The highest BCUT2D eigenvalue weighted by Crippen LogP contribution is 2.11. The van der Waals surface area contributed by atoms with Crippen molar-refractivity contribution in [2.24, 2.45) is 18.0 Å². The van der Waals surface area contributed by atoms with E-state index in [-0.39, 0.29) is 6.04 Å². The van der Waals surface area contributed by atoms with Gasteiger partial charge in [-0.1, -0.05) is 44.2 Å². The molecule has 0 fully saturated rings. The van der Waals surface area contributed by atoms with Crippen LogP contribution in [0.25, 0.3) is 0 Å². The zero-order valence-electron chi connectivity index (χ0n) is 17.8. The number of ether oxygens (including phenoxy) is 1. The summed E-state index contributed by atoms with van der Waals surface area (Å²) in [5, 5.41) is 15.1. The van der Waals surface area contributed by atoms with Gasteiger partial charge in [0.25, 0.3) is 0 Å². The van der Waals surface area contributed by atoms with Crippen molar-refractivity contribution in [3.63, 3.8) is 0 Å². The first-order chi connectivity index (χ1) is 13.5. The van der Waals surface area contributed by atoms with Crippen molar-refractivity contribution < 1.29 is 4.74 Å². The number of guanidine groups is 1. The van der Waals surface area contributed by atoms with Gasteiger partial charge >= 0.3 is 0 Å². The van der Waals surface area contributed by atoms with Crippen LogP contribution in [-0.2, 0) is 18.3 Å². The minimum Gasteiger partial charge on any atom is -0.380 e. The number of nitrogens with one attached hydrogen (secondary N) is 2. The van der Waals surface area contributed by atoms with Crippen LogP contribution >= 0.6 is 0 Å². The Labute approximate surface area is 168 Å². The van der Waals surface area contributed by atoms with Crippen LogP contribution in [0.4, 0.5) is 0 Å². The first-order valence-corrected chi connectivity index (χ1v) is 9.99. The molecule has 2 N–H and O–H groups in total. The highest BCUT2D eigenvalue weighted by Gasteiger charge is 2.09. The second-order valence-electron chi connectivity index (χ2n) is 7.39. The smallest absolute Gasteiger partial charge is 0.192 e. The SMILES string of the molecule is Cc1nnc(CN=C(NCCOCCC(C)C)NC(C)c2ccccc2)n1C.